The molecule has 0 saturated carbocycles. The molecule has 112 valence electrons. The average Bonchev–Trinajstić information content (AvgIpc) is 2.41. The summed E-state index contributed by atoms with van der Waals surface area (Å²) in [6, 6.07) is 0.964. The standard InChI is InChI=1S/C13H19F3N4/c14-13(15,16)12-8-11(10(17)9-19-12)18-4-7-20-5-2-1-3-6-20/h8-9H,1-7,17H2,(H,18,19). The van der Waals surface area contributed by atoms with E-state index in [2.05, 4.69) is 15.2 Å². The summed E-state index contributed by atoms with van der Waals surface area (Å²) in [4.78, 5) is 5.61. The summed E-state index contributed by atoms with van der Waals surface area (Å²) in [6.45, 7) is 3.50. The van der Waals surface area contributed by atoms with Crippen molar-refractivity contribution in [3.05, 3.63) is 18.0 Å². The van der Waals surface area contributed by atoms with Gasteiger partial charge in [0.2, 0.25) is 0 Å². The van der Waals surface area contributed by atoms with Crippen LogP contribution in [0.4, 0.5) is 24.5 Å². The highest BCUT2D eigenvalue weighted by molar-refractivity contribution is 5.65. The molecule has 1 aliphatic rings. The molecule has 1 fully saturated rings. The van der Waals surface area contributed by atoms with Gasteiger partial charge in [-0.15, -0.1) is 0 Å². The molecule has 20 heavy (non-hydrogen) atoms. The summed E-state index contributed by atoms with van der Waals surface area (Å²) in [7, 11) is 0. The van der Waals surface area contributed by atoms with E-state index in [4.69, 9.17) is 5.73 Å². The lowest BCUT2D eigenvalue weighted by Crippen LogP contribution is -2.33. The number of rotatable bonds is 4. The number of aromatic nitrogens is 1. The lowest BCUT2D eigenvalue weighted by Gasteiger charge is -2.26. The molecule has 0 spiro atoms. The Morgan fingerprint density at radius 1 is 1.25 bits per heavy atom. The van der Waals surface area contributed by atoms with Crippen LogP contribution in [-0.4, -0.2) is 36.1 Å². The van der Waals surface area contributed by atoms with Crippen LogP contribution in [0.1, 0.15) is 25.0 Å². The summed E-state index contributed by atoms with van der Waals surface area (Å²) in [6.07, 6.45) is 0.241. The Hall–Kier alpha value is -1.50. The minimum absolute atomic E-state index is 0.233. The van der Waals surface area contributed by atoms with Gasteiger partial charge in [-0.1, -0.05) is 6.42 Å². The molecule has 0 aromatic carbocycles. The van der Waals surface area contributed by atoms with E-state index in [1.165, 1.54) is 19.3 Å². The molecule has 0 unspecified atom stereocenters. The molecule has 2 heterocycles. The topological polar surface area (TPSA) is 54.2 Å². The molecule has 4 nitrogen and oxygen atoms in total. The van der Waals surface area contributed by atoms with Gasteiger partial charge >= 0.3 is 6.18 Å². The number of nitrogen functional groups attached to an aromatic ring is 1. The monoisotopic (exact) mass is 288 g/mol. The first-order chi connectivity index (χ1) is 9.47. The van der Waals surface area contributed by atoms with Gasteiger partial charge in [-0.05, 0) is 32.0 Å². The SMILES string of the molecule is Nc1cnc(C(F)(F)F)cc1NCCN1CCCCC1. The van der Waals surface area contributed by atoms with Crippen molar-refractivity contribution < 1.29 is 13.2 Å². The van der Waals surface area contributed by atoms with Crippen LogP contribution < -0.4 is 11.1 Å². The summed E-state index contributed by atoms with van der Waals surface area (Å²) >= 11 is 0. The largest absolute Gasteiger partial charge is 0.433 e. The van der Waals surface area contributed by atoms with Gasteiger partial charge in [0.05, 0.1) is 17.6 Å². The van der Waals surface area contributed by atoms with E-state index in [0.29, 0.717) is 12.2 Å². The molecule has 7 heteroatoms. The van der Waals surface area contributed by atoms with Crippen molar-refractivity contribution >= 4 is 11.4 Å². The van der Waals surface area contributed by atoms with Crippen LogP contribution >= 0.6 is 0 Å². The normalized spacial score (nSPS) is 17.1. The zero-order valence-electron chi connectivity index (χ0n) is 11.2. The third-order valence-electron chi connectivity index (χ3n) is 3.42. The second-order valence-corrected chi connectivity index (χ2v) is 4.98. The molecule has 1 aliphatic heterocycles. The fourth-order valence-electron chi connectivity index (χ4n) is 2.31. The number of nitrogens with zero attached hydrogens (tertiary/aromatic N) is 2. The number of nitrogens with one attached hydrogen (secondary N) is 1. The van der Waals surface area contributed by atoms with Gasteiger partial charge < -0.3 is 16.0 Å². The first-order valence-electron chi connectivity index (χ1n) is 6.76. The number of likely N-dealkylation sites (tertiary alicyclic amines) is 1. The number of halogens is 3. The third-order valence-corrected chi connectivity index (χ3v) is 3.42. The fraction of sp³-hybridized carbons (Fsp3) is 0.615. The predicted octanol–water partition coefficient (Wildman–Crippen LogP) is 2.58. The number of hydrogen-bond acceptors (Lipinski definition) is 4. The molecule has 0 bridgehead atoms. The van der Waals surface area contributed by atoms with E-state index in [0.717, 1.165) is 31.9 Å². The van der Waals surface area contributed by atoms with E-state index in [1.54, 1.807) is 0 Å². The summed E-state index contributed by atoms with van der Waals surface area (Å²) in [5, 5.41) is 2.97. The van der Waals surface area contributed by atoms with E-state index in [-0.39, 0.29) is 5.69 Å². The van der Waals surface area contributed by atoms with Gasteiger partial charge in [0.15, 0.2) is 0 Å². The Morgan fingerprint density at radius 3 is 2.60 bits per heavy atom. The van der Waals surface area contributed by atoms with Crippen LogP contribution in [0, 0.1) is 0 Å². The van der Waals surface area contributed by atoms with Gasteiger partial charge in [-0.25, -0.2) is 4.98 Å². The Labute approximate surface area is 116 Å². The number of pyridine rings is 1. The van der Waals surface area contributed by atoms with E-state index in [1.807, 2.05) is 0 Å². The third kappa shape index (κ3) is 4.00. The van der Waals surface area contributed by atoms with Crippen molar-refractivity contribution in [3.8, 4) is 0 Å². The maximum atomic E-state index is 12.6. The highest BCUT2D eigenvalue weighted by atomic mass is 19.4. The maximum Gasteiger partial charge on any atom is 0.433 e. The average molecular weight is 288 g/mol. The highest BCUT2D eigenvalue weighted by Crippen LogP contribution is 2.30. The lowest BCUT2D eigenvalue weighted by molar-refractivity contribution is -0.141. The first-order valence-corrected chi connectivity index (χ1v) is 6.76. The van der Waals surface area contributed by atoms with E-state index < -0.39 is 11.9 Å². The Morgan fingerprint density at radius 2 is 1.95 bits per heavy atom. The van der Waals surface area contributed by atoms with Crippen molar-refractivity contribution in [2.75, 3.05) is 37.2 Å². The molecule has 1 saturated heterocycles. The van der Waals surface area contributed by atoms with Crippen LogP contribution in [0.25, 0.3) is 0 Å². The number of alkyl halides is 3. The minimum atomic E-state index is -4.45. The quantitative estimate of drug-likeness (QED) is 0.894. The smallest absolute Gasteiger partial charge is 0.396 e. The minimum Gasteiger partial charge on any atom is -0.396 e. The highest BCUT2D eigenvalue weighted by Gasteiger charge is 2.32. The second kappa shape index (κ2) is 6.30. The van der Waals surface area contributed by atoms with Crippen molar-refractivity contribution in [3.63, 3.8) is 0 Å². The van der Waals surface area contributed by atoms with Gasteiger partial charge in [-0.3, -0.25) is 0 Å². The van der Waals surface area contributed by atoms with Crippen LogP contribution in [0.15, 0.2) is 12.3 Å². The van der Waals surface area contributed by atoms with Crippen molar-refractivity contribution in [1.82, 2.24) is 9.88 Å². The van der Waals surface area contributed by atoms with Gasteiger partial charge in [-0.2, -0.15) is 13.2 Å². The number of hydrogen-bond donors (Lipinski definition) is 2. The van der Waals surface area contributed by atoms with Gasteiger partial charge in [0.25, 0.3) is 0 Å². The number of nitrogens with two attached hydrogens (primary N) is 1. The van der Waals surface area contributed by atoms with Crippen molar-refractivity contribution in [1.29, 1.82) is 0 Å². The van der Waals surface area contributed by atoms with Crippen LogP contribution in [-0.2, 0) is 6.18 Å². The summed E-state index contributed by atoms with van der Waals surface area (Å²) in [5.41, 5.74) is 5.25. The molecule has 1 aromatic rings. The van der Waals surface area contributed by atoms with Gasteiger partial charge in [0, 0.05) is 13.1 Å². The molecule has 0 aliphatic carbocycles. The molecular formula is C13H19F3N4. The molecular weight excluding hydrogens is 269 g/mol. The Balaban J connectivity index is 1.91. The van der Waals surface area contributed by atoms with Crippen molar-refractivity contribution in [2.45, 2.75) is 25.4 Å². The second-order valence-electron chi connectivity index (χ2n) is 4.98. The van der Waals surface area contributed by atoms with Crippen LogP contribution in [0.2, 0.25) is 0 Å². The van der Waals surface area contributed by atoms with Gasteiger partial charge in [0.1, 0.15) is 5.69 Å². The molecule has 0 atom stereocenters. The first kappa shape index (κ1) is 14.9. The predicted molar refractivity (Wildman–Crippen MR) is 72.4 cm³/mol. The zero-order valence-corrected chi connectivity index (χ0v) is 11.2. The van der Waals surface area contributed by atoms with Crippen LogP contribution in [0.5, 0.6) is 0 Å². The Bertz CT molecular complexity index is 442. The molecule has 1 aromatic heterocycles. The number of piperidine rings is 1. The van der Waals surface area contributed by atoms with E-state index in [9.17, 15) is 13.2 Å². The molecule has 2 rings (SSSR count). The maximum absolute atomic E-state index is 12.6. The van der Waals surface area contributed by atoms with Crippen LogP contribution in [0.3, 0.4) is 0 Å². The zero-order chi connectivity index (χ0) is 14.6. The molecule has 0 amide bonds. The number of anilines is 2. The summed E-state index contributed by atoms with van der Waals surface area (Å²) in [5.74, 6) is 0. The van der Waals surface area contributed by atoms with E-state index >= 15 is 0 Å². The Kier molecular flexibility index (Phi) is 4.69. The van der Waals surface area contributed by atoms with Crippen molar-refractivity contribution in [2.24, 2.45) is 0 Å². The lowest BCUT2D eigenvalue weighted by atomic mass is 10.1. The molecule has 3 N–H and O–H groups in total. The fourth-order valence-corrected chi connectivity index (χ4v) is 2.31. The summed E-state index contributed by atoms with van der Waals surface area (Å²) < 4.78 is 37.7. The molecule has 0 radical (unpaired) electrons.